The average molecular weight is 379 g/mol. The van der Waals surface area contributed by atoms with Crippen LogP contribution in [0.15, 0.2) is 52.3 Å². The zero-order valence-corrected chi connectivity index (χ0v) is 13.2. The Hall–Kier alpha value is -2.23. The van der Waals surface area contributed by atoms with E-state index in [9.17, 15) is 23.8 Å². The minimum absolute atomic E-state index is 0.0662. The molecule has 0 radical (unpaired) electrons. The molecule has 0 bridgehead atoms. The number of benzene rings is 2. The molecule has 0 aliphatic rings. The van der Waals surface area contributed by atoms with Crippen molar-refractivity contribution in [2.45, 2.75) is 9.79 Å². The third-order valence-electron chi connectivity index (χ3n) is 2.74. The van der Waals surface area contributed by atoms with E-state index < -0.39 is 20.9 Å². The molecule has 0 aliphatic carbocycles. The van der Waals surface area contributed by atoms with E-state index in [4.69, 9.17) is 5.26 Å². The van der Waals surface area contributed by atoms with Gasteiger partial charge in [-0.2, -0.15) is 5.26 Å². The Bertz CT molecular complexity index is 887. The molecule has 0 atom stereocenters. The summed E-state index contributed by atoms with van der Waals surface area (Å²) in [5, 5.41) is 10.2. The van der Waals surface area contributed by atoms with Gasteiger partial charge in [-0.25, -0.2) is 4.39 Å². The van der Waals surface area contributed by atoms with E-state index in [1.165, 1.54) is 12.1 Å². The van der Waals surface area contributed by atoms with Gasteiger partial charge in [0.2, 0.25) is 0 Å². The van der Waals surface area contributed by atoms with E-state index in [1.54, 1.807) is 5.40 Å². The van der Waals surface area contributed by atoms with Gasteiger partial charge in [-0.1, -0.05) is 31.3 Å². The largest absolute Gasteiger partial charge is 0.310 e. The molecule has 0 aromatic heterocycles. The topological polar surface area (TPSA) is 23.8 Å². The fourth-order valence-corrected chi connectivity index (χ4v) is 2.69. The molecule has 2 aromatic rings. The summed E-state index contributed by atoms with van der Waals surface area (Å²) in [6, 6.07) is 5.99. The molecule has 0 spiro atoms. The molecule has 0 unspecified atom stereocenters. The minimum Gasteiger partial charge on any atom is -0.206 e. The second kappa shape index (κ2) is 5.40. The molecular weight excluding hydrogens is 372 g/mol. The minimum atomic E-state index is -9.70. The molecule has 2 rings (SSSR count). The Balaban J connectivity index is 2.27. The smallest absolute Gasteiger partial charge is 0.206 e. The van der Waals surface area contributed by atoms with Crippen LogP contribution in [0.25, 0.3) is 0 Å². The summed E-state index contributed by atoms with van der Waals surface area (Å²) in [5.41, 5.74) is 0.295. The van der Waals surface area contributed by atoms with Crippen LogP contribution in [0.5, 0.6) is 0 Å². The molecule has 0 heterocycles. The van der Waals surface area contributed by atoms with Gasteiger partial charge in [-0.3, -0.25) is 0 Å². The summed E-state index contributed by atoms with van der Waals surface area (Å²) < 4.78 is 76.5. The van der Waals surface area contributed by atoms with E-state index in [0.29, 0.717) is 11.8 Å². The van der Waals surface area contributed by atoms with Crippen molar-refractivity contribution in [1.29, 1.82) is 5.26 Å². The number of thiocyanates is 1. The number of hydrogen-bond donors (Lipinski definition) is 0. The maximum Gasteiger partial charge on any atom is 0.310 e. The zero-order chi connectivity index (χ0) is 18.1. The van der Waals surface area contributed by atoms with Gasteiger partial charge in [-0.05, 0) is 54.2 Å². The fraction of sp³-hybridized carbons (Fsp3) is 0. The van der Waals surface area contributed by atoms with Crippen LogP contribution in [0.4, 0.5) is 23.8 Å². The number of nitriles is 1. The van der Waals surface area contributed by atoms with Gasteiger partial charge < -0.3 is 0 Å². The van der Waals surface area contributed by atoms with E-state index in [2.05, 4.69) is 11.8 Å². The monoisotopic (exact) mass is 379 g/mol. The summed E-state index contributed by atoms with van der Waals surface area (Å²) in [7, 11) is -9.70. The second-order valence-corrected chi connectivity index (χ2v) is 7.82. The molecular formula is C15H7F6NS2. The van der Waals surface area contributed by atoms with Crippen molar-refractivity contribution in [1.82, 2.24) is 0 Å². The van der Waals surface area contributed by atoms with Gasteiger partial charge in [-0.15, -0.1) is 0 Å². The van der Waals surface area contributed by atoms with Crippen LogP contribution >= 0.6 is 22.0 Å². The number of rotatable bonds is 2. The van der Waals surface area contributed by atoms with Crippen molar-refractivity contribution in [2.24, 2.45) is 0 Å². The maximum atomic E-state index is 13.6. The van der Waals surface area contributed by atoms with Gasteiger partial charge in [0.05, 0.1) is 4.90 Å². The van der Waals surface area contributed by atoms with Crippen molar-refractivity contribution >= 4 is 22.0 Å². The summed E-state index contributed by atoms with van der Waals surface area (Å²) in [5.74, 6) is 4.30. The lowest BCUT2D eigenvalue weighted by molar-refractivity contribution is 0.364. The first kappa shape index (κ1) is 18.1. The Kier molecular flexibility index (Phi) is 4.08. The summed E-state index contributed by atoms with van der Waals surface area (Å²) >= 11 is 0.636. The Labute approximate surface area is 138 Å². The van der Waals surface area contributed by atoms with Gasteiger partial charge in [0.15, 0.2) is 0 Å². The molecule has 2 aromatic carbocycles. The molecule has 0 saturated carbocycles. The lowest BCUT2D eigenvalue weighted by Crippen LogP contribution is -2.05. The van der Waals surface area contributed by atoms with Gasteiger partial charge in [0, 0.05) is 11.1 Å². The molecule has 0 N–H and O–H groups in total. The average Bonchev–Trinajstić information content (AvgIpc) is 2.46. The van der Waals surface area contributed by atoms with E-state index >= 15 is 0 Å². The van der Waals surface area contributed by atoms with Gasteiger partial charge in [0.25, 0.3) is 0 Å². The van der Waals surface area contributed by atoms with Crippen molar-refractivity contribution in [3.8, 4) is 17.2 Å². The number of nitrogens with zero attached hydrogens (tertiary/aromatic N) is 1. The van der Waals surface area contributed by atoms with Gasteiger partial charge in [0.1, 0.15) is 16.1 Å². The predicted molar refractivity (Wildman–Crippen MR) is 81.7 cm³/mol. The maximum absolute atomic E-state index is 13.6. The van der Waals surface area contributed by atoms with E-state index in [1.807, 2.05) is 0 Å². The van der Waals surface area contributed by atoms with Crippen LogP contribution in [-0.2, 0) is 0 Å². The van der Waals surface area contributed by atoms with Crippen molar-refractivity contribution in [2.75, 3.05) is 0 Å². The Morgan fingerprint density at radius 3 is 1.88 bits per heavy atom. The normalized spacial score (nSPS) is 13.9. The molecule has 0 fully saturated rings. The quantitative estimate of drug-likeness (QED) is 0.259. The van der Waals surface area contributed by atoms with Gasteiger partial charge >= 0.3 is 10.2 Å². The summed E-state index contributed by atoms with van der Waals surface area (Å²) in [6.45, 7) is 0. The highest BCUT2D eigenvalue weighted by molar-refractivity contribution is 8.45. The van der Waals surface area contributed by atoms with Crippen LogP contribution in [-0.4, -0.2) is 0 Å². The Morgan fingerprint density at radius 2 is 1.38 bits per heavy atom. The highest BCUT2D eigenvalue weighted by Crippen LogP contribution is 3.02. The molecule has 126 valence electrons. The zero-order valence-electron chi connectivity index (χ0n) is 11.6. The first-order valence-corrected chi connectivity index (χ1v) is 8.87. The number of hydrogen-bond acceptors (Lipinski definition) is 2. The molecule has 1 nitrogen and oxygen atoms in total. The molecule has 9 heteroatoms. The summed E-state index contributed by atoms with van der Waals surface area (Å²) in [4.78, 5) is -1.88. The molecule has 0 amide bonds. The van der Waals surface area contributed by atoms with E-state index in [0.717, 1.165) is 18.2 Å². The lowest BCUT2D eigenvalue weighted by Gasteiger charge is -2.40. The summed E-state index contributed by atoms with van der Waals surface area (Å²) in [6.07, 6.45) is 0. The SMILES string of the molecule is N#CSc1ccc(C#Cc2ccc(S(F)(F)(F)(F)F)cc2)cc1F. The lowest BCUT2D eigenvalue weighted by atomic mass is 10.2. The molecule has 0 saturated heterocycles. The fourth-order valence-electron chi connectivity index (χ4n) is 1.65. The molecule has 24 heavy (non-hydrogen) atoms. The van der Waals surface area contributed by atoms with Crippen LogP contribution in [0, 0.1) is 28.3 Å². The van der Waals surface area contributed by atoms with Crippen LogP contribution in [0.1, 0.15) is 11.1 Å². The first-order chi connectivity index (χ1) is 10.9. The highest BCUT2D eigenvalue weighted by atomic mass is 32.5. The standard InChI is InChI=1S/C15H7F6NS2/c16-14-9-12(5-8-15(14)23-10-22)2-1-11-3-6-13(7-4-11)24(17,18,19,20)21/h3-9H. The predicted octanol–water partition coefficient (Wildman–Crippen LogP) is 6.46. The molecule has 0 aliphatic heterocycles. The third-order valence-corrected chi connectivity index (χ3v) is 4.54. The second-order valence-electron chi connectivity index (χ2n) is 4.58. The Morgan fingerprint density at radius 1 is 0.833 bits per heavy atom. The third kappa shape index (κ3) is 4.63. The van der Waals surface area contributed by atoms with Crippen molar-refractivity contribution in [3.05, 3.63) is 59.4 Å². The van der Waals surface area contributed by atoms with Crippen LogP contribution < -0.4 is 0 Å². The van der Waals surface area contributed by atoms with Crippen LogP contribution in [0.2, 0.25) is 0 Å². The highest BCUT2D eigenvalue weighted by Gasteiger charge is 2.65. The van der Waals surface area contributed by atoms with E-state index in [-0.39, 0.29) is 28.2 Å². The van der Waals surface area contributed by atoms with Crippen molar-refractivity contribution in [3.63, 3.8) is 0 Å². The first-order valence-electron chi connectivity index (χ1n) is 6.11. The van der Waals surface area contributed by atoms with Crippen LogP contribution in [0.3, 0.4) is 0 Å². The number of halogens is 6. The number of thioether (sulfide) groups is 1. The van der Waals surface area contributed by atoms with Crippen molar-refractivity contribution < 1.29 is 23.8 Å².